The SMILES string of the molecule is CCc1cc(C)c(F)cc1CC. The summed E-state index contributed by atoms with van der Waals surface area (Å²) in [6.45, 7) is 5.98. The molecule has 0 saturated heterocycles. The quantitative estimate of drug-likeness (QED) is 0.632. The van der Waals surface area contributed by atoms with Gasteiger partial charge in [0, 0.05) is 0 Å². The average Bonchev–Trinajstić information content (AvgIpc) is 2.09. The molecular formula is C11H15F. The van der Waals surface area contributed by atoms with E-state index in [1.54, 1.807) is 6.07 Å². The molecule has 0 nitrogen and oxygen atoms in total. The first-order chi connectivity index (χ1) is 5.69. The molecule has 0 aliphatic heterocycles. The molecule has 0 spiro atoms. The number of rotatable bonds is 2. The molecule has 1 rings (SSSR count). The monoisotopic (exact) mass is 166 g/mol. The molecule has 0 atom stereocenters. The van der Waals surface area contributed by atoms with Gasteiger partial charge in [-0.3, -0.25) is 0 Å². The van der Waals surface area contributed by atoms with Crippen LogP contribution in [0, 0.1) is 12.7 Å². The first-order valence-corrected chi connectivity index (χ1v) is 4.47. The molecule has 0 amide bonds. The Hall–Kier alpha value is -0.850. The van der Waals surface area contributed by atoms with Gasteiger partial charge in [0.2, 0.25) is 0 Å². The van der Waals surface area contributed by atoms with Crippen LogP contribution in [0.4, 0.5) is 4.39 Å². The summed E-state index contributed by atoms with van der Waals surface area (Å²) in [7, 11) is 0. The van der Waals surface area contributed by atoms with Crippen molar-refractivity contribution < 1.29 is 4.39 Å². The standard InChI is InChI=1S/C11H15F/c1-4-9-6-8(3)11(12)7-10(9)5-2/h6-7H,4-5H2,1-3H3. The Morgan fingerprint density at radius 3 is 2.08 bits per heavy atom. The molecule has 0 bridgehead atoms. The smallest absolute Gasteiger partial charge is 0.126 e. The van der Waals surface area contributed by atoms with E-state index in [2.05, 4.69) is 13.8 Å². The molecular weight excluding hydrogens is 151 g/mol. The lowest BCUT2D eigenvalue weighted by molar-refractivity contribution is 0.615. The third-order valence-electron chi connectivity index (χ3n) is 2.24. The third kappa shape index (κ3) is 1.66. The zero-order valence-electron chi connectivity index (χ0n) is 7.95. The predicted octanol–water partition coefficient (Wildman–Crippen LogP) is 3.26. The van der Waals surface area contributed by atoms with Gasteiger partial charge in [-0.1, -0.05) is 19.9 Å². The minimum atomic E-state index is -0.0796. The molecule has 0 unspecified atom stereocenters. The van der Waals surface area contributed by atoms with E-state index in [-0.39, 0.29) is 5.82 Å². The van der Waals surface area contributed by atoms with Gasteiger partial charge < -0.3 is 0 Å². The molecule has 0 saturated carbocycles. The first-order valence-electron chi connectivity index (χ1n) is 4.47. The van der Waals surface area contributed by atoms with E-state index in [4.69, 9.17) is 0 Å². The Morgan fingerprint density at radius 2 is 1.58 bits per heavy atom. The van der Waals surface area contributed by atoms with Gasteiger partial charge in [0.25, 0.3) is 0 Å². The topological polar surface area (TPSA) is 0 Å². The van der Waals surface area contributed by atoms with Crippen LogP contribution in [-0.4, -0.2) is 0 Å². The van der Waals surface area contributed by atoms with Gasteiger partial charge >= 0.3 is 0 Å². The maximum absolute atomic E-state index is 13.1. The molecule has 0 aliphatic rings. The second-order valence-corrected chi connectivity index (χ2v) is 3.08. The Morgan fingerprint density at radius 1 is 1.08 bits per heavy atom. The predicted molar refractivity (Wildman–Crippen MR) is 49.9 cm³/mol. The molecule has 66 valence electrons. The van der Waals surface area contributed by atoms with Crippen molar-refractivity contribution in [2.45, 2.75) is 33.6 Å². The van der Waals surface area contributed by atoms with Crippen LogP contribution in [0.15, 0.2) is 12.1 Å². The molecule has 1 aromatic carbocycles. The number of aryl methyl sites for hydroxylation is 3. The number of halogens is 1. The van der Waals surface area contributed by atoms with E-state index in [0.29, 0.717) is 0 Å². The Labute approximate surface area is 73.4 Å². The zero-order chi connectivity index (χ0) is 9.14. The van der Waals surface area contributed by atoms with Gasteiger partial charge in [-0.05, 0) is 42.5 Å². The van der Waals surface area contributed by atoms with Crippen LogP contribution in [0.2, 0.25) is 0 Å². The first kappa shape index (κ1) is 9.24. The van der Waals surface area contributed by atoms with Crippen molar-refractivity contribution in [2.24, 2.45) is 0 Å². The van der Waals surface area contributed by atoms with Crippen LogP contribution in [0.3, 0.4) is 0 Å². The Balaban J connectivity index is 3.19. The summed E-state index contributed by atoms with van der Waals surface area (Å²) >= 11 is 0. The van der Waals surface area contributed by atoms with E-state index in [9.17, 15) is 4.39 Å². The minimum Gasteiger partial charge on any atom is -0.207 e. The van der Waals surface area contributed by atoms with E-state index < -0.39 is 0 Å². The van der Waals surface area contributed by atoms with Crippen molar-refractivity contribution >= 4 is 0 Å². The van der Waals surface area contributed by atoms with Gasteiger partial charge in [0.1, 0.15) is 5.82 Å². The lowest BCUT2D eigenvalue weighted by Crippen LogP contribution is -1.94. The van der Waals surface area contributed by atoms with Crippen LogP contribution in [-0.2, 0) is 12.8 Å². The van der Waals surface area contributed by atoms with Crippen molar-refractivity contribution in [3.63, 3.8) is 0 Å². The van der Waals surface area contributed by atoms with Crippen LogP contribution >= 0.6 is 0 Å². The summed E-state index contributed by atoms with van der Waals surface area (Å²) in [6.07, 6.45) is 1.91. The van der Waals surface area contributed by atoms with Crippen LogP contribution in [0.5, 0.6) is 0 Å². The Bertz CT molecular complexity index is 248. The van der Waals surface area contributed by atoms with Crippen molar-refractivity contribution in [2.75, 3.05) is 0 Å². The second kappa shape index (κ2) is 3.70. The summed E-state index contributed by atoms with van der Waals surface area (Å²) in [5.74, 6) is -0.0796. The highest BCUT2D eigenvalue weighted by molar-refractivity contribution is 5.32. The van der Waals surface area contributed by atoms with Gasteiger partial charge in [-0.25, -0.2) is 4.39 Å². The normalized spacial score (nSPS) is 10.3. The molecule has 0 heterocycles. The van der Waals surface area contributed by atoms with Gasteiger partial charge in [0.15, 0.2) is 0 Å². The summed E-state index contributed by atoms with van der Waals surface area (Å²) in [4.78, 5) is 0. The molecule has 1 aromatic rings. The molecule has 0 aromatic heterocycles. The van der Waals surface area contributed by atoms with Crippen LogP contribution in [0.1, 0.15) is 30.5 Å². The molecule has 0 aliphatic carbocycles. The third-order valence-corrected chi connectivity index (χ3v) is 2.24. The summed E-state index contributed by atoms with van der Waals surface area (Å²) in [5.41, 5.74) is 3.17. The summed E-state index contributed by atoms with van der Waals surface area (Å²) < 4.78 is 13.1. The van der Waals surface area contributed by atoms with Gasteiger partial charge in [-0.15, -0.1) is 0 Å². The maximum atomic E-state index is 13.1. The fourth-order valence-electron chi connectivity index (χ4n) is 1.44. The summed E-state index contributed by atoms with van der Waals surface area (Å²) in [6, 6.07) is 3.61. The molecule has 0 fully saturated rings. The van der Waals surface area contributed by atoms with E-state index in [0.717, 1.165) is 24.0 Å². The number of benzene rings is 1. The maximum Gasteiger partial charge on any atom is 0.126 e. The lowest BCUT2D eigenvalue weighted by Gasteiger charge is -2.07. The highest BCUT2D eigenvalue weighted by atomic mass is 19.1. The van der Waals surface area contributed by atoms with E-state index in [1.807, 2.05) is 13.0 Å². The Kier molecular flexibility index (Phi) is 2.85. The van der Waals surface area contributed by atoms with Gasteiger partial charge in [0.05, 0.1) is 0 Å². The van der Waals surface area contributed by atoms with Crippen LogP contribution in [0.25, 0.3) is 0 Å². The molecule has 0 radical (unpaired) electrons. The lowest BCUT2D eigenvalue weighted by atomic mass is 10.0. The fourth-order valence-corrected chi connectivity index (χ4v) is 1.44. The highest BCUT2D eigenvalue weighted by Gasteiger charge is 2.03. The zero-order valence-corrected chi connectivity index (χ0v) is 7.95. The van der Waals surface area contributed by atoms with Crippen LogP contribution < -0.4 is 0 Å². The van der Waals surface area contributed by atoms with E-state index in [1.165, 1.54) is 5.56 Å². The highest BCUT2D eigenvalue weighted by Crippen LogP contribution is 2.16. The van der Waals surface area contributed by atoms with E-state index >= 15 is 0 Å². The molecule has 12 heavy (non-hydrogen) atoms. The average molecular weight is 166 g/mol. The van der Waals surface area contributed by atoms with Crippen molar-refractivity contribution in [3.8, 4) is 0 Å². The van der Waals surface area contributed by atoms with Gasteiger partial charge in [-0.2, -0.15) is 0 Å². The second-order valence-electron chi connectivity index (χ2n) is 3.08. The number of hydrogen-bond acceptors (Lipinski definition) is 0. The minimum absolute atomic E-state index is 0.0796. The molecule has 1 heteroatoms. The van der Waals surface area contributed by atoms with Crippen molar-refractivity contribution in [1.29, 1.82) is 0 Å². The fraction of sp³-hybridized carbons (Fsp3) is 0.455. The van der Waals surface area contributed by atoms with Crippen molar-refractivity contribution in [1.82, 2.24) is 0 Å². The van der Waals surface area contributed by atoms with Crippen molar-refractivity contribution in [3.05, 3.63) is 34.6 Å². The number of hydrogen-bond donors (Lipinski definition) is 0. The summed E-state index contributed by atoms with van der Waals surface area (Å²) in [5, 5.41) is 0. The largest absolute Gasteiger partial charge is 0.207 e. The molecule has 0 N–H and O–H groups in total.